The van der Waals surface area contributed by atoms with E-state index in [0.29, 0.717) is 22.2 Å². The molecule has 4 aromatic rings. The molecule has 6 nitrogen and oxygen atoms in total. The number of aromatic nitrogens is 1. The van der Waals surface area contributed by atoms with Crippen molar-refractivity contribution in [3.05, 3.63) is 81.5 Å². The van der Waals surface area contributed by atoms with Crippen LogP contribution in [0, 0.1) is 0 Å². The fourth-order valence-corrected chi connectivity index (χ4v) is 5.08. The molecule has 3 heterocycles. The molecule has 0 amide bonds. The van der Waals surface area contributed by atoms with Crippen LogP contribution in [0.25, 0.3) is 10.9 Å². The number of nitrogens with zero attached hydrogens (tertiary/aromatic N) is 2. The Kier molecular flexibility index (Phi) is 5.98. The summed E-state index contributed by atoms with van der Waals surface area (Å²) in [6.07, 6.45) is 3.80. The fourth-order valence-electron chi connectivity index (χ4n) is 4.44. The van der Waals surface area contributed by atoms with Crippen LogP contribution in [-0.4, -0.2) is 44.9 Å². The summed E-state index contributed by atoms with van der Waals surface area (Å²) in [5.41, 5.74) is 4.82. The lowest BCUT2D eigenvalue weighted by Gasteiger charge is -2.26. The quantitative estimate of drug-likeness (QED) is 0.319. The van der Waals surface area contributed by atoms with Gasteiger partial charge in [-0.15, -0.1) is 0 Å². The smallest absolute Gasteiger partial charge is 0.335 e. The second-order valence-electron chi connectivity index (χ2n) is 8.39. The molecule has 1 fully saturated rings. The molecule has 2 aromatic heterocycles. The zero-order chi connectivity index (χ0) is 22.8. The van der Waals surface area contributed by atoms with Gasteiger partial charge >= 0.3 is 5.97 Å². The lowest BCUT2D eigenvalue weighted by Crippen LogP contribution is -2.28. The first kappa shape index (κ1) is 21.4. The molecule has 1 aliphatic rings. The molecule has 7 heteroatoms. The predicted octanol–water partition coefficient (Wildman–Crippen LogP) is 5.79. The number of rotatable bonds is 6. The number of carbonyl (C=O) groups is 1. The highest BCUT2D eigenvalue weighted by atomic mass is 32.1. The van der Waals surface area contributed by atoms with E-state index >= 15 is 0 Å². The number of aliphatic imine (C=N–C) groups is 1. The minimum absolute atomic E-state index is 0.0260. The topological polar surface area (TPSA) is 88.9 Å². The van der Waals surface area contributed by atoms with Gasteiger partial charge in [-0.1, -0.05) is 18.6 Å². The van der Waals surface area contributed by atoms with Gasteiger partial charge in [0.2, 0.25) is 0 Å². The van der Waals surface area contributed by atoms with Gasteiger partial charge in [0.25, 0.3) is 0 Å². The molecule has 33 heavy (non-hydrogen) atoms. The van der Waals surface area contributed by atoms with Crippen LogP contribution >= 0.6 is 11.3 Å². The first-order chi connectivity index (χ1) is 16.1. The first-order valence-electron chi connectivity index (χ1n) is 11.1. The SMILES string of the molecule is O=C(O)c1ccc2[nH]c(O)c(C(=Nc3cccc(CN4CCCCC4)c3)c3ccsc3)c2c1. The number of thiophene rings is 1. The maximum Gasteiger partial charge on any atom is 0.335 e. The van der Waals surface area contributed by atoms with Gasteiger partial charge in [0, 0.05) is 28.4 Å². The fraction of sp³-hybridized carbons (Fsp3) is 0.231. The molecule has 3 N–H and O–H groups in total. The highest BCUT2D eigenvalue weighted by Crippen LogP contribution is 2.33. The molecule has 5 rings (SSSR count). The molecular formula is C26H25N3O3S. The van der Waals surface area contributed by atoms with E-state index < -0.39 is 5.97 Å². The summed E-state index contributed by atoms with van der Waals surface area (Å²) in [7, 11) is 0. The highest BCUT2D eigenvalue weighted by Gasteiger charge is 2.20. The van der Waals surface area contributed by atoms with Crippen molar-refractivity contribution in [2.45, 2.75) is 25.8 Å². The summed E-state index contributed by atoms with van der Waals surface area (Å²) in [6, 6.07) is 14.9. The molecule has 1 aliphatic heterocycles. The number of aromatic carboxylic acids is 1. The van der Waals surface area contributed by atoms with Crippen molar-refractivity contribution in [2.24, 2.45) is 4.99 Å². The minimum atomic E-state index is -1.01. The summed E-state index contributed by atoms with van der Waals surface area (Å²) in [5, 5.41) is 24.8. The van der Waals surface area contributed by atoms with Gasteiger partial charge in [0.1, 0.15) is 0 Å². The molecule has 0 unspecified atom stereocenters. The van der Waals surface area contributed by atoms with Crippen molar-refractivity contribution in [1.29, 1.82) is 0 Å². The number of carboxylic acids is 1. The summed E-state index contributed by atoms with van der Waals surface area (Å²) in [6.45, 7) is 3.16. The van der Waals surface area contributed by atoms with Crippen LogP contribution < -0.4 is 0 Å². The van der Waals surface area contributed by atoms with Crippen molar-refractivity contribution >= 4 is 39.6 Å². The van der Waals surface area contributed by atoms with Gasteiger partial charge in [-0.2, -0.15) is 11.3 Å². The van der Waals surface area contributed by atoms with Crippen LogP contribution in [0.15, 0.2) is 64.3 Å². The number of fused-ring (bicyclic) bond motifs is 1. The molecule has 1 saturated heterocycles. The lowest BCUT2D eigenvalue weighted by molar-refractivity contribution is 0.0697. The van der Waals surface area contributed by atoms with Crippen molar-refractivity contribution in [3.8, 4) is 5.88 Å². The number of likely N-dealkylation sites (tertiary alicyclic amines) is 1. The number of hydrogen-bond acceptors (Lipinski definition) is 5. The van der Waals surface area contributed by atoms with Crippen LogP contribution in [0.4, 0.5) is 5.69 Å². The molecule has 0 radical (unpaired) electrons. The Morgan fingerprint density at radius 1 is 1.06 bits per heavy atom. The van der Waals surface area contributed by atoms with E-state index in [1.807, 2.05) is 29.0 Å². The van der Waals surface area contributed by atoms with Crippen LogP contribution in [0.3, 0.4) is 0 Å². The molecule has 0 bridgehead atoms. The Morgan fingerprint density at radius 3 is 2.67 bits per heavy atom. The minimum Gasteiger partial charge on any atom is -0.494 e. The number of piperidine rings is 1. The Morgan fingerprint density at radius 2 is 1.91 bits per heavy atom. The first-order valence-corrected chi connectivity index (χ1v) is 12.0. The molecule has 0 atom stereocenters. The molecule has 0 aliphatic carbocycles. The monoisotopic (exact) mass is 459 g/mol. The van der Waals surface area contributed by atoms with E-state index in [9.17, 15) is 15.0 Å². The zero-order valence-corrected chi connectivity index (χ0v) is 18.9. The second kappa shape index (κ2) is 9.21. The average Bonchev–Trinajstić information content (AvgIpc) is 3.46. The number of carboxylic acid groups (broad SMARTS) is 1. The number of hydrogen-bond donors (Lipinski definition) is 3. The zero-order valence-electron chi connectivity index (χ0n) is 18.1. The Balaban J connectivity index is 1.59. The molecule has 0 saturated carbocycles. The number of nitrogens with one attached hydrogen (secondary N) is 1. The summed E-state index contributed by atoms with van der Waals surface area (Å²) in [4.78, 5) is 22.0. The Labute approximate surface area is 195 Å². The van der Waals surface area contributed by atoms with Crippen LogP contribution in [-0.2, 0) is 6.54 Å². The van der Waals surface area contributed by atoms with Crippen molar-refractivity contribution in [3.63, 3.8) is 0 Å². The third-order valence-electron chi connectivity index (χ3n) is 6.06. The van der Waals surface area contributed by atoms with Crippen LogP contribution in [0.1, 0.15) is 46.3 Å². The third kappa shape index (κ3) is 4.55. The van der Waals surface area contributed by atoms with Crippen molar-refractivity contribution in [1.82, 2.24) is 9.88 Å². The van der Waals surface area contributed by atoms with E-state index in [-0.39, 0.29) is 11.4 Å². The van der Waals surface area contributed by atoms with Gasteiger partial charge in [0.05, 0.1) is 22.5 Å². The molecular weight excluding hydrogens is 434 g/mol. The van der Waals surface area contributed by atoms with E-state index in [1.54, 1.807) is 23.5 Å². The van der Waals surface area contributed by atoms with Gasteiger partial charge < -0.3 is 15.2 Å². The van der Waals surface area contributed by atoms with Gasteiger partial charge in [-0.3, -0.25) is 4.90 Å². The third-order valence-corrected chi connectivity index (χ3v) is 6.75. The molecule has 2 aromatic carbocycles. The maximum atomic E-state index is 11.5. The second-order valence-corrected chi connectivity index (χ2v) is 9.17. The average molecular weight is 460 g/mol. The van der Waals surface area contributed by atoms with E-state index in [2.05, 4.69) is 22.0 Å². The summed E-state index contributed by atoms with van der Waals surface area (Å²) >= 11 is 1.55. The standard InChI is InChI=1S/C26H25N3O3S/c30-25-23(21-14-18(26(31)32)7-8-22(21)28-25)24(19-9-12-33-16-19)27-20-6-4-5-17(13-20)15-29-10-2-1-3-11-29/h4-9,12-14,16,28,30H,1-3,10-11,15H2,(H,31,32). The van der Waals surface area contributed by atoms with Gasteiger partial charge in [0.15, 0.2) is 5.88 Å². The van der Waals surface area contributed by atoms with Crippen LogP contribution in [0.2, 0.25) is 0 Å². The molecule has 0 spiro atoms. The summed E-state index contributed by atoms with van der Waals surface area (Å²) < 4.78 is 0. The van der Waals surface area contributed by atoms with Crippen molar-refractivity contribution in [2.75, 3.05) is 13.1 Å². The van der Waals surface area contributed by atoms with Gasteiger partial charge in [-0.25, -0.2) is 9.79 Å². The maximum absolute atomic E-state index is 11.5. The lowest BCUT2D eigenvalue weighted by atomic mass is 10.0. The Hall–Kier alpha value is -3.42. The summed E-state index contributed by atoms with van der Waals surface area (Å²) in [5.74, 6) is -1.04. The number of H-pyrrole nitrogens is 1. The van der Waals surface area contributed by atoms with E-state index in [1.165, 1.54) is 30.9 Å². The van der Waals surface area contributed by atoms with Gasteiger partial charge in [-0.05, 0) is 73.3 Å². The van der Waals surface area contributed by atoms with E-state index in [4.69, 9.17) is 4.99 Å². The number of aromatic amines is 1. The molecule has 168 valence electrons. The number of aromatic hydroxyl groups is 1. The predicted molar refractivity (Wildman–Crippen MR) is 132 cm³/mol. The normalized spacial score (nSPS) is 15.2. The van der Waals surface area contributed by atoms with E-state index in [0.717, 1.165) is 30.9 Å². The van der Waals surface area contributed by atoms with Crippen LogP contribution in [0.5, 0.6) is 5.88 Å². The Bertz CT molecular complexity index is 1320. The highest BCUT2D eigenvalue weighted by molar-refractivity contribution is 7.08. The largest absolute Gasteiger partial charge is 0.494 e. The van der Waals surface area contributed by atoms with Crippen molar-refractivity contribution < 1.29 is 15.0 Å². The number of benzene rings is 2.